The van der Waals surface area contributed by atoms with E-state index >= 15 is 0 Å². The Hall–Kier alpha value is -1.62. The van der Waals surface area contributed by atoms with Crippen molar-refractivity contribution in [3.8, 4) is 0 Å². The fourth-order valence-corrected chi connectivity index (χ4v) is 1.37. The quantitative estimate of drug-likeness (QED) is 0.790. The Morgan fingerprint density at radius 3 is 2.92 bits per heavy atom. The Bertz CT molecular complexity index is 405. The van der Waals surface area contributed by atoms with Gasteiger partial charge in [-0.25, -0.2) is 0 Å². The second-order valence-electron chi connectivity index (χ2n) is 2.33. The molecule has 0 fully saturated rings. The van der Waals surface area contributed by atoms with Gasteiger partial charge in [-0.05, 0) is 24.3 Å². The Labute approximate surface area is 78.7 Å². The van der Waals surface area contributed by atoms with Crippen molar-refractivity contribution in [3.63, 3.8) is 0 Å². The summed E-state index contributed by atoms with van der Waals surface area (Å²) in [6, 6.07) is 3.69. The molecule has 13 heavy (non-hydrogen) atoms. The molecule has 0 spiro atoms. The molecular formula is C8H7N3OS. The lowest BCUT2D eigenvalue weighted by Gasteiger charge is -1.80. The average molecular weight is 193 g/mol. The van der Waals surface area contributed by atoms with Crippen LogP contribution in [0.3, 0.4) is 0 Å². The summed E-state index contributed by atoms with van der Waals surface area (Å²) in [5.74, 6) is 0.786. The maximum absolute atomic E-state index is 5.42. The van der Waals surface area contributed by atoms with E-state index in [0.717, 1.165) is 10.8 Å². The molecule has 0 amide bonds. The summed E-state index contributed by atoms with van der Waals surface area (Å²) in [4.78, 5) is 0. The van der Waals surface area contributed by atoms with Gasteiger partial charge < -0.3 is 10.2 Å². The average Bonchev–Trinajstić information content (AvgIpc) is 2.71. The molecule has 2 aromatic rings. The second kappa shape index (κ2) is 3.40. The molecule has 2 rings (SSSR count). The van der Waals surface area contributed by atoms with Crippen LogP contribution >= 0.6 is 11.3 Å². The lowest BCUT2D eigenvalue weighted by molar-refractivity contribution is 0.557. The maximum Gasteiger partial charge on any atom is 0.203 e. The summed E-state index contributed by atoms with van der Waals surface area (Å²) in [6.45, 7) is 0. The third kappa shape index (κ3) is 1.94. The number of nitrogen functional groups attached to an aromatic ring is 1. The van der Waals surface area contributed by atoms with Gasteiger partial charge in [0.2, 0.25) is 5.13 Å². The number of aromatic nitrogens is 2. The van der Waals surface area contributed by atoms with Gasteiger partial charge in [-0.3, -0.25) is 0 Å². The first-order valence-electron chi connectivity index (χ1n) is 3.65. The van der Waals surface area contributed by atoms with Gasteiger partial charge >= 0.3 is 0 Å². The molecule has 2 N–H and O–H groups in total. The summed E-state index contributed by atoms with van der Waals surface area (Å²) < 4.78 is 5.10. The van der Waals surface area contributed by atoms with Crippen molar-refractivity contribution in [1.82, 2.24) is 10.2 Å². The van der Waals surface area contributed by atoms with Gasteiger partial charge in [-0.15, -0.1) is 10.2 Å². The van der Waals surface area contributed by atoms with Gasteiger partial charge in [0.05, 0.1) is 6.26 Å². The van der Waals surface area contributed by atoms with Crippen LogP contribution < -0.4 is 5.73 Å². The van der Waals surface area contributed by atoms with Crippen LogP contribution in [0.25, 0.3) is 12.2 Å². The number of hydrogen-bond acceptors (Lipinski definition) is 5. The van der Waals surface area contributed by atoms with E-state index in [1.807, 2.05) is 24.3 Å². The SMILES string of the molecule is Nc1nnc(/C=C\c2ccco2)s1. The molecule has 66 valence electrons. The monoisotopic (exact) mass is 193 g/mol. The molecule has 0 saturated heterocycles. The van der Waals surface area contributed by atoms with E-state index in [2.05, 4.69) is 10.2 Å². The Kier molecular flexibility index (Phi) is 2.09. The fraction of sp³-hybridized carbons (Fsp3) is 0. The first-order chi connectivity index (χ1) is 6.34. The van der Waals surface area contributed by atoms with Crippen LogP contribution in [0.15, 0.2) is 22.8 Å². The molecule has 2 heterocycles. The highest BCUT2D eigenvalue weighted by molar-refractivity contribution is 7.15. The summed E-state index contributed by atoms with van der Waals surface area (Å²) in [5.41, 5.74) is 5.42. The van der Waals surface area contributed by atoms with Crippen LogP contribution in [0.1, 0.15) is 10.8 Å². The van der Waals surface area contributed by atoms with Crippen molar-refractivity contribution in [2.24, 2.45) is 0 Å². The Morgan fingerprint density at radius 2 is 2.31 bits per heavy atom. The predicted molar refractivity (Wildman–Crippen MR) is 52.0 cm³/mol. The molecule has 4 nitrogen and oxygen atoms in total. The van der Waals surface area contributed by atoms with E-state index in [1.165, 1.54) is 11.3 Å². The van der Waals surface area contributed by atoms with E-state index in [4.69, 9.17) is 10.2 Å². The highest BCUT2D eigenvalue weighted by Crippen LogP contribution is 2.14. The van der Waals surface area contributed by atoms with Crippen LogP contribution in [-0.2, 0) is 0 Å². The van der Waals surface area contributed by atoms with Crippen molar-refractivity contribution >= 4 is 28.6 Å². The lowest BCUT2D eigenvalue weighted by atomic mass is 10.4. The highest BCUT2D eigenvalue weighted by atomic mass is 32.1. The molecule has 0 radical (unpaired) electrons. The van der Waals surface area contributed by atoms with Crippen molar-refractivity contribution in [2.75, 3.05) is 5.73 Å². The van der Waals surface area contributed by atoms with Crippen molar-refractivity contribution in [2.45, 2.75) is 0 Å². The normalized spacial score (nSPS) is 11.1. The molecule has 0 atom stereocenters. The van der Waals surface area contributed by atoms with Crippen LogP contribution in [0, 0.1) is 0 Å². The van der Waals surface area contributed by atoms with E-state index in [9.17, 15) is 0 Å². The van der Waals surface area contributed by atoms with E-state index in [-0.39, 0.29) is 0 Å². The second-order valence-corrected chi connectivity index (χ2v) is 3.37. The Morgan fingerprint density at radius 1 is 1.38 bits per heavy atom. The van der Waals surface area contributed by atoms with Gasteiger partial charge in [-0.2, -0.15) is 0 Å². The molecule has 0 aliphatic heterocycles. The van der Waals surface area contributed by atoms with Crippen molar-refractivity contribution < 1.29 is 4.42 Å². The van der Waals surface area contributed by atoms with Crippen LogP contribution in [0.2, 0.25) is 0 Å². The minimum Gasteiger partial charge on any atom is -0.465 e. The van der Waals surface area contributed by atoms with Gasteiger partial charge in [0.15, 0.2) is 0 Å². The first kappa shape index (κ1) is 8.00. The van der Waals surface area contributed by atoms with Gasteiger partial charge in [-0.1, -0.05) is 11.3 Å². The van der Waals surface area contributed by atoms with Gasteiger partial charge in [0, 0.05) is 0 Å². The molecule has 0 saturated carbocycles. The minimum atomic E-state index is 0.471. The van der Waals surface area contributed by atoms with Gasteiger partial charge in [0.25, 0.3) is 0 Å². The molecule has 0 unspecified atom stereocenters. The molecule has 0 bridgehead atoms. The third-order valence-electron chi connectivity index (χ3n) is 1.39. The maximum atomic E-state index is 5.42. The predicted octanol–water partition coefficient (Wildman–Crippen LogP) is 1.88. The number of nitrogens with two attached hydrogens (primary N) is 1. The van der Waals surface area contributed by atoms with Crippen molar-refractivity contribution in [1.29, 1.82) is 0 Å². The minimum absolute atomic E-state index is 0.471. The topological polar surface area (TPSA) is 64.9 Å². The van der Waals surface area contributed by atoms with Crippen LogP contribution in [0.5, 0.6) is 0 Å². The summed E-state index contributed by atoms with van der Waals surface area (Å²) >= 11 is 1.34. The van der Waals surface area contributed by atoms with Crippen molar-refractivity contribution in [3.05, 3.63) is 29.2 Å². The third-order valence-corrected chi connectivity index (χ3v) is 2.11. The summed E-state index contributed by atoms with van der Waals surface area (Å²) in [5, 5.41) is 8.75. The summed E-state index contributed by atoms with van der Waals surface area (Å²) in [7, 11) is 0. The largest absolute Gasteiger partial charge is 0.465 e. The number of nitrogens with zero attached hydrogens (tertiary/aromatic N) is 2. The lowest BCUT2D eigenvalue weighted by Crippen LogP contribution is -1.79. The zero-order chi connectivity index (χ0) is 9.10. The van der Waals surface area contributed by atoms with E-state index in [0.29, 0.717) is 5.13 Å². The highest BCUT2D eigenvalue weighted by Gasteiger charge is 1.95. The van der Waals surface area contributed by atoms with E-state index < -0.39 is 0 Å². The molecule has 0 aromatic carbocycles. The number of anilines is 1. The first-order valence-corrected chi connectivity index (χ1v) is 4.47. The smallest absolute Gasteiger partial charge is 0.203 e. The summed E-state index contributed by atoms with van der Waals surface area (Å²) in [6.07, 6.45) is 5.25. The zero-order valence-corrected chi connectivity index (χ0v) is 7.49. The number of rotatable bonds is 2. The molecule has 0 aliphatic rings. The molecule has 5 heteroatoms. The van der Waals surface area contributed by atoms with E-state index in [1.54, 1.807) is 6.26 Å². The molecule has 2 aromatic heterocycles. The zero-order valence-electron chi connectivity index (χ0n) is 6.68. The number of hydrogen-bond donors (Lipinski definition) is 1. The number of furan rings is 1. The fourth-order valence-electron chi connectivity index (χ4n) is 0.853. The molecule has 0 aliphatic carbocycles. The standard InChI is InChI=1S/C8H7N3OS/c9-8-11-10-7(13-8)4-3-6-2-1-5-12-6/h1-5H,(H2,9,11)/b4-3-. The van der Waals surface area contributed by atoms with Gasteiger partial charge in [0.1, 0.15) is 10.8 Å². The van der Waals surface area contributed by atoms with Crippen LogP contribution in [-0.4, -0.2) is 10.2 Å². The van der Waals surface area contributed by atoms with Crippen LogP contribution in [0.4, 0.5) is 5.13 Å². The molecular weight excluding hydrogens is 186 g/mol. The Balaban J connectivity index is 2.14.